The third-order valence-corrected chi connectivity index (χ3v) is 1.29. The molecule has 0 aromatic rings. The third kappa shape index (κ3) is 8.36. The summed E-state index contributed by atoms with van der Waals surface area (Å²) in [6, 6.07) is 0. The van der Waals surface area contributed by atoms with Crippen LogP contribution >= 0.6 is 0 Å². The molecule has 0 aromatic carbocycles. The van der Waals surface area contributed by atoms with E-state index in [0.717, 1.165) is 0 Å². The highest BCUT2D eigenvalue weighted by molar-refractivity contribution is 4.43. The highest BCUT2D eigenvalue weighted by atomic mass is 16.7. The fourth-order valence-corrected chi connectivity index (χ4v) is 0.758. The predicted octanol–water partition coefficient (Wildman–Crippen LogP) is -1.11. The molecule has 4 N–H and O–H groups in total. The largest absolute Gasteiger partial charge is 0.412 e. The molecule has 88 valence electrons. The smallest absolute Gasteiger partial charge is 0.180 e. The molecule has 6 nitrogen and oxygen atoms in total. The third-order valence-electron chi connectivity index (χ3n) is 1.29. The summed E-state index contributed by atoms with van der Waals surface area (Å²) >= 11 is 0. The molecule has 1 atom stereocenters. The summed E-state index contributed by atoms with van der Waals surface area (Å²) in [4.78, 5) is 0. The van der Waals surface area contributed by atoms with Crippen molar-refractivity contribution in [1.29, 1.82) is 0 Å². The monoisotopic (exact) mass is 212 g/mol. The van der Waals surface area contributed by atoms with Crippen molar-refractivity contribution in [2.45, 2.75) is 26.4 Å². The SMILES string of the molecule is CCOC(COC(O)CO)OCC.O. The van der Waals surface area contributed by atoms with Crippen molar-refractivity contribution in [3.05, 3.63) is 0 Å². The molecule has 0 aliphatic rings. The molecule has 0 rings (SSSR count). The first-order valence-corrected chi connectivity index (χ1v) is 4.38. The van der Waals surface area contributed by atoms with Gasteiger partial charge in [0.25, 0.3) is 0 Å². The zero-order valence-electron chi connectivity index (χ0n) is 8.60. The van der Waals surface area contributed by atoms with Gasteiger partial charge in [-0.15, -0.1) is 0 Å². The maximum absolute atomic E-state index is 8.86. The second-order valence-electron chi connectivity index (χ2n) is 2.31. The van der Waals surface area contributed by atoms with Gasteiger partial charge in [0, 0.05) is 13.2 Å². The maximum atomic E-state index is 8.86. The van der Waals surface area contributed by atoms with Crippen LogP contribution in [0.15, 0.2) is 0 Å². The van der Waals surface area contributed by atoms with Crippen LogP contribution in [-0.2, 0) is 14.2 Å². The Hall–Kier alpha value is -0.240. The first-order valence-electron chi connectivity index (χ1n) is 4.38. The molecule has 0 heterocycles. The molecule has 0 spiro atoms. The Bertz CT molecular complexity index is 104. The Morgan fingerprint density at radius 3 is 1.93 bits per heavy atom. The van der Waals surface area contributed by atoms with Gasteiger partial charge >= 0.3 is 0 Å². The zero-order chi connectivity index (χ0) is 10.1. The van der Waals surface area contributed by atoms with Gasteiger partial charge in [-0.3, -0.25) is 0 Å². The first-order chi connectivity index (χ1) is 6.24. The van der Waals surface area contributed by atoms with E-state index in [1.54, 1.807) is 0 Å². The summed E-state index contributed by atoms with van der Waals surface area (Å²) in [5.74, 6) is 0. The van der Waals surface area contributed by atoms with Gasteiger partial charge in [-0.2, -0.15) is 0 Å². The lowest BCUT2D eigenvalue weighted by Gasteiger charge is -2.18. The van der Waals surface area contributed by atoms with E-state index in [9.17, 15) is 0 Å². The van der Waals surface area contributed by atoms with E-state index in [1.807, 2.05) is 13.8 Å². The Balaban J connectivity index is 0. The molecule has 0 saturated heterocycles. The van der Waals surface area contributed by atoms with E-state index >= 15 is 0 Å². The summed E-state index contributed by atoms with van der Waals surface area (Å²) in [5.41, 5.74) is 0. The highest BCUT2D eigenvalue weighted by Crippen LogP contribution is 1.97. The van der Waals surface area contributed by atoms with Gasteiger partial charge in [0.1, 0.15) is 6.61 Å². The minimum atomic E-state index is -1.16. The molecule has 0 aliphatic carbocycles. The molecular weight excluding hydrogens is 192 g/mol. The van der Waals surface area contributed by atoms with Gasteiger partial charge in [-0.1, -0.05) is 0 Å². The molecule has 0 bridgehead atoms. The van der Waals surface area contributed by atoms with Gasteiger partial charge in [-0.05, 0) is 13.8 Å². The average Bonchev–Trinajstić information content (AvgIpc) is 2.14. The summed E-state index contributed by atoms with van der Waals surface area (Å²) in [5, 5.41) is 17.3. The number of hydrogen-bond acceptors (Lipinski definition) is 5. The Labute approximate surface area is 83.7 Å². The van der Waals surface area contributed by atoms with E-state index in [0.29, 0.717) is 13.2 Å². The molecule has 0 aromatic heterocycles. The van der Waals surface area contributed by atoms with Gasteiger partial charge in [-0.25, -0.2) is 0 Å². The summed E-state index contributed by atoms with van der Waals surface area (Å²) in [6.45, 7) is 4.41. The van der Waals surface area contributed by atoms with E-state index in [-0.39, 0.29) is 12.1 Å². The van der Waals surface area contributed by atoms with Crippen molar-refractivity contribution < 1.29 is 29.9 Å². The van der Waals surface area contributed by atoms with Crippen LogP contribution < -0.4 is 0 Å². The van der Waals surface area contributed by atoms with Crippen LogP contribution in [0.2, 0.25) is 0 Å². The fourth-order valence-electron chi connectivity index (χ4n) is 0.758. The second kappa shape index (κ2) is 10.8. The molecule has 6 heteroatoms. The molecular formula is C8H20O6. The first kappa shape index (κ1) is 16.2. The minimum absolute atomic E-state index is 0. The molecule has 0 radical (unpaired) electrons. The standard InChI is InChI=1S/C8H18O5.H2O/c1-3-11-8(12-4-2)6-13-7(10)5-9;/h7-10H,3-6H2,1-2H3;1H2. The van der Waals surface area contributed by atoms with Gasteiger partial charge in [0.05, 0.1) is 6.61 Å². The van der Waals surface area contributed by atoms with Crippen molar-refractivity contribution in [2.24, 2.45) is 0 Å². The van der Waals surface area contributed by atoms with Crippen molar-refractivity contribution >= 4 is 0 Å². The zero-order valence-corrected chi connectivity index (χ0v) is 8.60. The molecule has 0 saturated carbocycles. The highest BCUT2D eigenvalue weighted by Gasteiger charge is 2.10. The van der Waals surface area contributed by atoms with E-state index in [4.69, 9.17) is 24.4 Å². The molecule has 14 heavy (non-hydrogen) atoms. The normalized spacial score (nSPS) is 12.6. The van der Waals surface area contributed by atoms with Crippen LogP contribution in [-0.4, -0.2) is 54.7 Å². The topological polar surface area (TPSA) is 99.7 Å². The quantitative estimate of drug-likeness (QED) is 0.497. The number of ether oxygens (including phenoxy) is 3. The predicted molar refractivity (Wildman–Crippen MR) is 49.7 cm³/mol. The summed E-state index contributed by atoms with van der Waals surface area (Å²) in [6.07, 6.45) is -1.64. The Morgan fingerprint density at radius 2 is 1.57 bits per heavy atom. The number of aliphatic hydroxyl groups excluding tert-OH is 2. The van der Waals surface area contributed by atoms with E-state index in [1.165, 1.54) is 0 Å². The fraction of sp³-hybridized carbons (Fsp3) is 1.00. The van der Waals surface area contributed by atoms with Gasteiger partial charge < -0.3 is 29.9 Å². The average molecular weight is 212 g/mol. The molecule has 1 unspecified atom stereocenters. The van der Waals surface area contributed by atoms with Crippen molar-refractivity contribution in [3.8, 4) is 0 Å². The lowest BCUT2D eigenvalue weighted by Crippen LogP contribution is -2.28. The summed E-state index contributed by atoms with van der Waals surface area (Å²) in [7, 11) is 0. The van der Waals surface area contributed by atoms with E-state index < -0.39 is 19.2 Å². The Morgan fingerprint density at radius 1 is 1.07 bits per heavy atom. The van der Waals surface area contributed by atoms with Gasteiger partial charge in [0.15, 0.2) is 12.6 Å². The maximum Gasteiger partial charge on any atom is 0.180 e. The van der Waals surface area contributed by atoms with Crippen LogP contribution in [0.1, 0.15) is 13.8 Å². The van der Waals surface area contributed by atoms with E-state index in [2.05, 4.69) is 0 Å². The Kier molecular flexibility index (Phi) is 12.5. The van der Waals surface area contributed by atoms with Crippen molar-refractivity contribution in [3.63, 3.8) is 0 Å². The van der Waals surface area contributed by atoms with Crippen LogP contribution in [0.25, 0.3) is 0 Å². The summed E-state index contributed by atoms with van der Waals surface area (Å²) < 4.78 is 15.1. The lowest BCUT2D eigenvalue weighted by molar-refractivity contribution is -0.210. The molecule has 0 fully saturated rings. The van der Waals surface area contributed by atoms with Crippen LogP contribution in [0.3, 0.4) is 0 Å². The molecule has 0 aliphatic heterocycles. The van der Waals surface area contributed by atoms with Gasteiger partial charge in [0.2, 0.25) is 0 Å². The minimum Gasteiger partial charge on any atom is -0.412 e. The van der Waals surface area contributed by atoms with Crippen LogP contribution in [0, 0.1) is 0 Å². The van der Waals surface area contributed by atoms with Crippen molar-refractivity contribution in [1.82, 2.24) is 0 Å². The molecule has 0 amide bonds. The van der Waals surface area contributed by atoms with Crippen molar-refractivity contribution in [2.75, 3.05) is 26.4 Å². The number of aliphatic hydroxyl groups is 2. The number of rotatable bonds is 8. The number of hydrogen-bond donors (Lipinski definition) is 2. The van der Waals surface area contributed by atoms with Crippen LogP contribution in [0.5, 0.6) is 0 Å². The van der Waals surface area contributed by atoms with Crippen LogP contribution in [0.4, 0.5) is 0 Å². The second-order valence-corrected chi connectivity index (χ2v) is 2.31. The lowest BCUT2D eigenvalue weighted by atomic mass is 10.6.